The molecule has 0 saturated carbocycles. The fraction of sp³-hybridized carbons (Fsp3) is 0.625. The van der Waals surface area contributed by atoms with Crippen molar-refractivity contribution in [3.8, 4) is 0 Å². The van der Waals surface area contributed by atoms with Crippen molar-refractivity contribution in [2.24, 2.45) is 0 Å². The summed E-state index contributed by atoms with van der Waals surface area (Å²) in [5, 5.41) is 16.0. The molecule has 2 N–H and O–H groups in total. The standard InChI is InChI=1S/C8H15N3O/c1-7-3-4-10-11(7)5-8(6-12)9-2/h3-4,8-9,12H,5-6H2,1-2H3. The van der Waals surface area contributed by atoms with Gasteiger partial charge in [0.25, 0.3) is 0 Å². The molecule has 0 fully saturated rings. The molecule has 1 aromatic rings. The Bertz CT molecular complexity index is 230. The van der Waals surface area contributed by atoms with E-state index in [1.165, 1.54) is 0 Å². The molecule has 1 rings (SSSR count). The van der Waals surface area contributed by atoms with Crippen LogP contribution in [0.25, 0.3) is 0 Å². The molecule has 1 heterocycles. The Balaban J connectivity index is 2.56. The highest BCUT2D eigenvalue weighted by Gasteiger charge is 2.06. The normalized spacial score (nSPS) is 13.2. The van der Waals surface area contributed by atoms with Crippen LogP contribution in [0.5, 0.6) is 0 Å². The van der Waals surface area contributed by atoms with Crippen molar-refractivity contribution in [2.75, 3.05) is 13.7 Å². The van der Waals surface area contributed by atoms with E-state index in [2.05, 4.69) is 10.4 Å². The smallest absolute Gasteiger partial charge is 0.0602 e. The molecule has 1 aromatic heterocycles. The number of hydrogen-bond acceptors (Lipinski definition) is 3. The number of aryl methyl sites for hydroxylation is 1. The van der Waals surface area contributed by atoms with Crippen molar-refractivity contribution >= 4 is 0 Å². The molecule has 0 spiro atoms. The van der Waals surface area contributed by atoms with Gasteiger partial charge in [0.1, 0.15) is 0 Å². The zero-order chi connectivity index (χ0) is 8.97. The van der Waals surface area contributed by atoms with Crippen LogP contribution < -0.4 is 5.32 Å². The summed E-state index contributed by atoms with van der Waals surface area (Å²) in [7, 11) is 1.83. The second-order valence-electron chi connectivity index (χ2n) is 2.82. The van der Waals surface area contributed by atoms with Gasteiger partial charge in [0.05, 0.1) is 13.2 Å². The molecule has 0 aromatic carbocycles. The predicted octanol–water partition coefficient (Wildman–Crippen LogP) is -0.228. The Labute approximate surface area is 72.2 Å². The second kappa shape index (κ2) is 4.23. The molecule has 0 aliphatic carbocycles. The number of hydrogen-bond donors (Lipinski definition) is 2. The summed E-state index contributed by atoms with van der Waals surface area (Å²) in [6, 6.07) is 2.04. The summed E-state index contributed by atoms with van der Waals surface area (Å²) in [6.07, 6.45) is 1.76. The molecule has 68 valence electrons. The van der Waals surface area contributed by atoms with Gasteiger partial charge in [0.15, 0.2) is 0 Å². The van der Waals surface area contributed by atoms with Crippen LogP contribution in [0, 0.1) is 6.92 Å². The molecule has 0 aliphatic heterocycles. The Hall–Kier alpha value is -0.870. The van der Waals surface area contributed by atoms with Crippen molar-refractivity contribution in [2.45, 2.75) is 19.5 Å². The number of aromatic nitrogens is 2. The van der Waals surface area contributed by atoms with E-state index in [0.717, 1.165) is 5.69 Å². The lowest BCUT2D eigenvalue weighted by atomic mass is 10.3. The maximum Gasteiger partial charge on any atom is 0.0602 e. The van der Waals surface area contributed by atoms with Gasteiger partial charge in [-0.15, -0.1) is 0 Å². The van der Waals surface area contributed by atoms with Gasteiger partial charge < -0.3 is 10.4 Å². The number of nitrogens with zero attached hydrogens (tertiary/aromatic N) is 2. The number of nitrogens with one attached hydrogen (secondary N) is 1. The van der Waals surface area contributed by atoms with E-state index < -0.39 is 0 Å². The van der Waals surface area contributed by atoms with E-state index in [9.17, 15) is 0 Å². The predicted molar refractivity (Wildman–Crippen MR) is 46.9 cm³/mol. The third kappa shape index (κ3) is 2.06. The summed E-state index contributed by atoms with van der Waals surface area (Å²) in [5.41, 5.74) is 1.11. The number of aliphatic hydroxyl groups excluding tert-OH is 1. The van der Waals surface area contributed by atoms with Crippen LogP contribution in [0.15, 0.2) is 12.3 Å². The first-order valence-corrected chi connectivity index (χ1v) is 4.04. The lowest BCUT2D eigenvalue weighted by Gasteiger charge is -2.13. The summed E-state index contributed by atoms with van der Waals surface area (Å²) in [5.74, 6) is 0. The average Bonchev–Trinajstić information content (AvgIpc) is 2.47. The Kier molecular flexibility index (Phi) is 3.25. The Morgan fingerprint density at radius 2 is 2.50 bits per heavy atom. The third-order valence-electron chi connectivity index (χ3n) is 1.95. The van der Waals surface area contributed by atoms with E-state index in [4.69, 9.17) is 5.11 Å². The quantitative estimate of drug-likeness (QED) is 0.654. The molecule has 12 heavy (non-hydrogen) atoms. The van der Waals surface area contributed by atoms with E-state index in [0.29, 0.717) is 6.54 Å². The van der Waals surface area contributed by atoms with Gasteiger partial charge in [-0.2, -0.15) is 5.10 Å². The van der Waals surface area contributed by atoms with E-state index in [-0.39, 0.29) is 12.6 Å². The number of likely N-dealkylation sites (N-methyl/N-ethyl adjacent to an activating group) is 1. The molecule has 0 aliphatic rings. The fourth-order valence-electron chi connectivity index (χ4n) is 1.04. The van der Waals surface area contributed by atoms with Crippen LogP contribution in [0.3, 0.4) is 0 Å². The monoisotopic (exact) mass is 169 g/mol. The zero-order valence-corrected chi connectivity index (χ0v) is 7.49. The Morgan fingerprint density at radius 1 is 1.75 bits per heavy atom. The molecule has 4 nitrogen and oxygen atoms in total. The SMILES string of the molecule is CNC(CO)Cn1nccc1C. The number of rotatable bonds is 4. The van der Waals surface area contributed by atoms with Crippen LogP contribution >= 0.6 is 0 Å². The summed E-state index contributed by atoms with van der Waals surface area (Å²) in [6.45, 7) is 2.85. The van der Waals surface area contributed by atoms with E-state index >= 15 is 0 Å². The first-order valence-electron chi connectivity index (χ1n) is 4.04. The fourth-order valence-corrected chi connectivity index (χ4v) is 1.04. The maximum atomic E-state index is 8.91. The molecule has 4 heteroatoms. The van der Waals surface area contributed by atoms with Crippen molar-refractivity contribution in [3.05, 3.63) is 18.0 Å². The first-order chi connectivity index (χ1) is 5.77. The van der Waals surface area contributed by atoms with Crippen molar-refractivity contribution in [1.29, 1.82) is 0 Å². The van der Waals surface area contributed by atoms with Crippen LogP contribution in [-0.4, -0.2) is 34.6 Å². The van der Waals surface area contributed by atoms with Gasteiger partial charge in [-0.25, -0.2) is 0 Å². The van der Waals surface area contributed by atoms with Crippen LogP contribution in [0.4, 0.5) is 0 Å². The average molecular weight is 169 g/mol. The topological polar surface area (TPSA) is 50.1 Å². The molecule has 1 unspecified atom stereocenters. The second-order valence-corrected chi connectivity index (χ2v) is 2.82. The summed E-state index contributed by atoms with van der Waals surface area (Å²) < 4.78 is 1.87. The van der Waals surface area contributed by atoms with Gasteiger partial charge >= 0.3 is 0 Å². The minimum atomic E-state index is 0.0867. The van der Waals surface area contributed by atoms with Crippen molar-refractivity contribution in [1.82, 2.24) is 15.1 Å². The highest BCUT2D eigenvalue weighted by atomic mass is 16.3. The minimum absolute atomic E-state index is 0.0867. The molecule has 0 saturated heterocycles. The summed E-state index contributed by atoms with van der Waals surface area (Å²) in [4.78, 5) is 0. The minimum Gasteiger partial charge on any atom is -0.395 e. The molecule has 0 amide bonds. The van der Waals surface area contributed by atoms with Crippen LogP contribution in [-0.2, 0) is 6.54 Å². The highest BCUT2D eigenvalue weighted by molar-refractivity contribution is 4.96. The highest BCUT2D eigenvalue weighted by Crippen LogP contribution is 1.97. The van der Waals surface area contributed by atoms with Gasteiger partial charge in [0, 0.05) is 17.9 Å². The number of aliphatic hydroxyl groups is 1. The van der Waals surface area contributed by atoms with Crippen molar-refractivity contribution < 1.29 is 5.11 Å². The Morgan fingerprint density at radius 3 is 2.92 bits per heavy atom. The largest absolute Gasteiger partial charge is 0.395 e. The van der Waals surface area contributed by atoms with E-state index in [1.54, 1.807) is 6.20 Å². The molecular formula is C8H15N3O. The van der Waals surface area contributed by atoms with Crippen LogP contribution in [0.2, 0.25) is 0 Å². The van der Waals surface area contributed by atoms with Crippen LogP contribution in [0.1, 0.15) is 5.69 Å². The molecular weight excluding hydrogens is 154 g/mol. The van der Waals surface area contributed by atoms with Gasteiger partial charge in [-0.3, -0.25) is 4.68 Å². The molecule has 0 radical (unpaired) electrons. The third-order valence-corrected chi connectivity index (χ3v) is 1.95. The van der Waals surface area contributed by atoms with Crippen molar-refractivity contribution in [3.63, 3.8) is 0 Å². The summed E-state index contributed by atoms with van der Waals surface area (Å²) >= 11 is 0. The maximum absolute atomic E-state index is 8.91. The molecule has 1 atom stereocenters. The van der Waals surface area contributed by atoms with Gasteiger partial charge in [-0.05, 0) is 20.0 Å². The van der Waals surface area contributed by atoms with Gasteiger partial charge in [0.2, 0.25) is 0 Å². The lowest BCUT2D eigenvalue weighted by molar-refractivity contribution is 0.231. The zero-order valence-electron chi connectivity index (χ0n) is 7.49. The lowest BCUT2D eigenvalue weighted by Crippen LogP contribution is -2.34. The van der Waals surface area contributed by atoms with Gasteiger partial charge in [-0.1, -0.05) is 0 Å². The first kappa shape index (κ1) is 9.22. The van der Waals surface area contributed by atoms with E-state index in [1.807, 2.05) is 24.7 Å². The molecule has 0 bridgehead atoms.